The van der Waals surface area contributed by atoms with Gasteiger partial charge in [-0.25, -0.2) is 0 Å². The summed E-state index contributed by atoms with van der Waals surface area (Å²) in [4.78, 5) is 11.4. The molecule has 1 rings (SSSR count). The number of nitriles is 1. The van der Waals surface area contributed by atoms with Crippen molar-refractivity contribution < 1.29 is 4.79 Å². The van der Waals surface area contributed by atoms with Crippen LogP contribution in [-0.2, 0) is 4.79 Å². The summed E-state index contributed by atoms with van der Waals surface area (Å²) in [7, 11) is 0. The Morgan fingerprint density at radius 3 is 2.81 bits per heavy atom. The molecule has 1 unspecified atom stereocenters. The zero-order chi connectivity index (χ0) is 12.0. The molecule has 0 aliphatic rings. The van der Waals surface area contributed by atoms with Crippen LogP contribution in [0.25, 0.3) is 0 Å². The summed E-state index contributed by atoms with van der Waals surface area (Å²) in [5.41, 5.74) is 0.706. The lowest BCUT2D eigenvalue weighted by molar-refractivity contribution is -0.121. The summed E-state index contributed by atoms with van der Waals surface area (Å²) < 4.78 is 0. The molecule has 0 fully saturated rings. The van der Waals surface area contributed by atoms with Gasteiger partial charge in [-0.05, 0) is 18.6 Å². The molecular weight excluding hydrogens is 224 g/mol. The largest absolute Gasteiger partial charge is 0.356 e. The fraction of sp³-hybridized carbons (Fsp3) is 0.333. The van der Waals surface area contributed by atoms with Gasteiger partial charge in [-0.2, -0.15) is 5.26 Å². The van der Waals surface area contributed by atoms with E-state index in [9.17, 15) is 4.79 Å². The average Bonchev–Trinajstić information content (AvgIpc) is 2.27. The molecule has 0 spiro atoms. The molecule has 4 heteroatoms. The van der Waals surface area contributed by atoms with Crippen LogP contribution >= 0.6 is 11.6 Å². The lowest BCUT2D eigenvalue weighted by Crippen LogP contribution is -2.24. The zero-order valence-electron chi connectivity index (χ0n) is 9.03. The smallest absolute Gasteiger partial charge is 0.221 e. The van der Waals surface area contributed by atoms with Gasteiger partial charge in [-0.15, -0.1) is 0 Å². The first kappa shape index (κ1) is 12.5. The van der Waals surface area contributed by atoms with Gasteiger partial charge in [-0.1, -0.05) is 29.8 Å². The molecule has 0 radical (unpaired) electrons. The van der Waals surface area contributed by atoms with Gasteiger partial charge in [0.15, 0.2) is 0 Å². The number of hydrogen-bond acceptors (Lipinski definition) is 2. The number of halogens is 1. The summed E-state index contributed by atoms with van der Waals surface area (Å²) in [5.74, 6) is -0.616. The minimum Gasteiger partial charge on any atom is -0.356 e. The Balaban J connectivity index is 2.80. The number of rotatable bonds is 4. The predicted octanol–water partition coefficient (Wildman–Crippen LogP) is 2.47. The van der Waals surface area contributed by atoms with Crippen molar-refractivity contribution in [3.05, 3.63) is 34.9 Å². The van der Waals surface area contributed by atoms with Crippen LogP contribution in [0.15, 0.2) is 24.3 Å². The van der Waals surface area contributed by atoms with Crippen molar-refractivity contribution in [2.45, 2.75) is 19.3 Å². The second kappa shape index (κ2) is 6.14. The molecule has 0 aromatic heterocycles. The van der Waals surface area contributed by atoms with Gasteiger partial charge in [0.2, 0.25) is 5.91 Å². The summed E-state index contributed by atoms with van der Waals surface area (Å²) in [5, 5.41) is 12.2. The van der Waals surface area contributed by atoms with E-state index in [2.05, 4.69) is 11.4 Å². The molecule has 0 heterocycles. The number of benzene rings is 1. The highest BCUT2D eigenvalue weighted by molar-refractivity contribution is 6.31. The summed E-state index contributed by atoms with van der Waals surface area (Å²) >= 11 is 5.98. The fourth-order valence-corrected chi connectivity index (χ4v) is 1.71. The minimum absolute atomic E-state index is 0.131. The summed E-state index contributed by atoms with van der Waals surface area (Å²) in [6, 6.07) is 9.20. The van der Waals surface area contributed by atoms with E-state index in [0.29, 0.717) is 17.1 Å². The van der Waals surface area contributed by atoms with E-state index in [-0.39, 0.29) is 12.3 Å². The molecule has 1 atom stereocenters. The minimum atomic E-state index is -0.486. The van der Waals surface area contributed by atoms with Gasteiger partial charge < -0.3 is 5.32 Å². The van der Waals surface area contributed by atoms with Gasteiger partial charge in [0, 0.05) is 18.0 Å². The van der Waals surface area contributed by atoms with E-state index in [0.717, 1.165) is 0 Å². The van der Waals surface area contributed by atoms with Gasteiger partial charge in [0.25, 0.3) is 0 Å². The van der Waals surface area contributed by atoms with E-state index in [4.69, 9.17) is 16.9 Å². The second-order valence-corrected chi connectivity index (χ2v) is 3.77. The third-order valence-electron chi connectivity index (χ3n) is 2.20. The van der Waals surface area contributed by atoms with Gasteiger partial charge in [0.05, 0.1) is 12.0 Å². The molecule has 0 aliphatic heterocycles. The normalized spacial score (nSPS) is 11.6. The molecule has 1 amide bonds. The molecule has 3 nitrogen and oxygen atoms in total. The molecule has 0 bridgehead atoms. The molecule has 84 valence electrons. The Bertz CT molecular complexity index is 412. The zero-order valence-corrected chi connectivity index (χ0v) is 9.79. The van der Waals surface area contributed by atoms with Crippen molar-refractivity contribution in [2.24, 2.45) is 0 Å². The molecule has 16 heavy (non-hydrogen) atoms. The summed E-state index contributed by atoms with van der Waals surface area (Å²) in [6.45, 7) is 2.41. The molecule has 1 aromatic rings. The molecule has 0 saturated heterocycles. The van der Waals surface area contributed by atoms with Crippen LogP contribution in [0.4, 0.5) is 0 Å². The van der Waals surface area contributed by atoms with Crippen molar-refractivity contribution in [2.75, 3.05) is 6.54 Å². The van der Waals surface area contributed by atoms with Gasteiger partial charge in [-0.3, -0.25) is 4.79 Å². The Labute approximate surface area is 100 Å². The first-order valence-electron chi connectivity index (χ1n) is 5.09. The molecule has 0 saturated carbocycles. The van der Waals surface area contributed by atoms with E-state index in [1.807, 2.05) is 13.0 Å². The number of amides is 1. The van der Waals surface area contributed by atoms with Crippen LogP contribution in [0.2, 0.25) is 5.02 Å². The van der Waals surface area contributed by atoms with Crippen LogP contribution in [0.5, 0.6) is 0 Å². The third-order valence-corrected chi connectivity index (χ3v) is 2.54. The third kappa shape index (κ3) is 3.25. The molecule has 0 aliphatic carbocycles. The molecule has 1 aromatic carbocycles. The van der Waals surface area contributed by atoms with Crippen molar-refractivity contribution >= 4 is 17.5 Å². The topological polar surface area (TPSA) is 52.9 Å². The maximum atomic E-state index is 11.4. The predicted molar refractivity (Wildman–Crippen MR) is 63.1 cm³/mol. The van der Waals surface area contributed by atoms with Crippen molar-refractivity contribution in [3.8, 4) is 6.07 Å². The number of nitrogens with one attached hydrogen (secondary N) is 1. The Kier molecular flexibility index (Phi) is 4.81. The molecule has 1 N–H and O–H groups in total. The highest BCUT2D eigenvalue weighted by Gasteiger charge is 2.17. The highest BCUT2D eigenvalue weighted by Crippen LogP contribution is 2.26. The number of carbonyl (C=O) groups excluding carboxylic acids is 1. The molecular formula is C12H13ClN2O. The first-order chi connectivity index (χ1) is 7.69. The van der Waals surface area contributed by atoms with E-state index < -0.39 is 5.92 Å². The van der Waals surface area contributed by atoms with Crippen molar-refractivity contribution in [1.29, 1.82) is 5.26 Å². The van der Waals surface area contributed by atoms with E-state index >= 15 is 0 Å². The van der Waals surface area contributed by atoms with Gasteiger partial charge in [0.1, 0.15) is 0 Å². The van der Waals surface area contributed by atoms with Crippen LogP contribution in [0, 0.1) is 11.3 Å². The Morgan fingerprint density at radius 2 is 2.25 bits per heavy atom. The van der Waals surface area contributed by atoms with Crippen molar-refractivity contribution in [1.82, 2.24) is 5.32 Å². The van der Waals surface area contributed by atoms with Crippen molar-refractivity contribution in [3.63, 3.8) is 0 Å². The Morgan fingerprint density at radius 1 is 1.56 bits per heavy atom. The maximum absolute atomic E-state index is 11.4. The Hall–Kier alpha value is -1.53. The lowest BCUT2D eigenvalue weighted by atomic mass is 9.97. The quantitative estimate of drug-likeness (QED) is 0.873. The standard InChI is InChI=1S/C12H13ClN2O/c1-2-15-12(16)7-9(8-14)10-5-3-4-6-11(10)13/h3-6,9H,2,7H2,1H3,(H,15,16). The highest BCUT2D eigenvalue weighted by atomic mass is 35.5. The second-order valence-electron chi connectivity index (χ2n) is 3.36. The monoisotopic (exact) mass is 236 g/mol. The lowest BCUT2D eigenvalue weighted by Gasteiger charge is -2.10. The maximum Gasteiger partial charge on any atom is 0.221 e. The average molecular weight is 237 g/mol. The van der Waals surface area contributed by atoms with Crippen LogP contribution in [-0.4, -0.2) is 12.5 Å². The fourth-order valence-electron chi connectivity index (χ4n) is 1.44. The van der Waals surface area contributed by atoms with Crippen LogP contribution in [0.1, 0.15) is 24.8 Å². The van der Waals surface area contributed by atoms with Crippen LogP contribution in [0.3, 0.4) is 0 Å². The number of hydrogen-bond donors (Lipinski definition) is 1. The number of carbonyl (C=O) groups is 1. The van der Waals surface area contributed by atoms with E-state index in [1.165, 1.54) is 0 Å². The summed E-state index contributed by atoms with van der Waals surface area (Å²) in [6.07, 6.45) is 0.147. The SMILES string of the molecule is CCNC(=O)CC(C#N)c1ccccc1Cl. The van der Waals surface area contributed by atoms with Gasteiger partial charge >= 0.3 is 0 Å². The first-order valence-corrected chi connectivity index (χ1v) is 5.47. The van der Waals surface area contributed by atoms with Crippen LogP contribution < -0.4 is 5.32 Å². The van der Waals surface area contributed by atoms with E-state index in [1.54, 1.807) is 18.2 Å². The number of nitrogens with zero attached hydrogens (tertiary/aromatic N) is 1.